The van der Waals surface area contributed by atoms with E-state index in [1.165, 1.54) is 45.0 Å². The van der Waals surface area contributed by atoms with Crippen LogP contribution in [0.25, 0.3) is 0 Å². The highest BCUT2D eigenvalue weighted by Crippen LogP contribution is 2.14. The highest BCUT2D eigenvalue weighted by Gasteiger charge is 2.36. The molecule has 0 heterocycles. The van der Waals surface area contributed by atoms with Crippen molar-refractivity contribution in [2.75, 3.05) is 13.1 Å². The van der Waals surface area contributed by atoms with E-state index in [9.17, 15) is 72.9 Å². The van der Waals surface area contributed by atoms with E-state index in [1.807, 2.05) is 0 Å². The molecular weight excluding hydrogens is 1070 g/mol. The van der Waals surface area contributed by atoms with E-state index in [0.717, 1.165) is 0 Å². The molecule has 32 heteroatoms. The lowest BCUT2D eigenvalue weighted by Gasteiger charge is -2.29. The van der Waals surface area contributed by atoms with Crippen LogP contribution >= 0.6 is 0 Å². The Bertz CT molecular complexity index is 2410. The van der Waals surface area contributed by atoms with Crippen molar-refractivity contribution in [3.8, 4) is 5.75 Å². The second-order valence-electron chi connectivity index (χ2n) is 19.8. The van der Waals surface area contributed by atoms with Crippen LogP contribution in [0.2, 0.25) is 0 Å². The molecule has 0 spiro atoms. The summed E-state index contributed by atoms with van der Waals surface area (Å²) in [6.45, 7) is 7.79. The van der Waals surface area contributed by atoms with E-state index < -0.39 is 163 Å². The second-order valence-corrected chi connectivity index (χ2v) is 19.8. The molecule has 81 heavy (non-hydrogen) atoms. The van der Waals surface area contributed by atoms with Crippen LogP contribution in [-0.4, -0.2) is 166 Å². The molecule has 0 saturated carbocycles. The van der Waals surface area contributed by atoms with Crippen molar-refractivity contribution < 1.29 is 72.9 Å². The Labute approximate surface area is 467 Å². The van der Waals surface area contributed by atoms with Gasteiger partial charge in [0.1, 0.15) is 54.1 Å². The van der Waals surface area contributed by atoms with Crippen LogP contribution in [0, 0.1) is 11.8 Å². The topological polar surface area (TPSA) is 569 Å². The number of carboxylic acid groups (broad SMARTS) is 2. The molecule has 0 aliphatic carbocycles. The third-order valence-electron chi connectivity index (χ3n) is 11.8. The van der Waals surface area contributed by atoms with E-state index in [-0.39, 0.29) is 75.2 Å². The maximum Gasteiger partial charge on any atom is 0.326 e. The number of hydrogen-bond acceptors (Lipinski definition) is 16. The maximum atomic E-state index is 14.2. The van der Waals surface area contributed by atoms with E-state index in [2.05, 4.69) is 52.5 Å². The Morgan fingerprint density at radius 1 is 0.481 bits per heavy atom. The highest BCUT2D eigenvalue weighted by atomic mass is 16.4. The number of carbonyl (C=O) groups excluding carboxylic acids is 10. The maximum absolute atomic E-state index is 14.2. The van der Waals surface area contributed by atoms with Crippen molar-refractivity contribution in [2.45, 2.75) is 160 Å². The predicted octanol–water partition coefficient (Wildman–Crippen LogP) is -5.94. The lowest BCUT2D eigenvalue weighted by Crippen LogP contribution is -2.61. The molecule has 0 fully saturated rings. The Kier molecular flexibility index (Phi) is 30.9. The molecule has 0 aliphatic heterocycles. The van der Waals surface area contributed by atoms with Gasteiger partial charge in [-0.05, 0) is 81.4 Å². The second kappa shape index (κ2) is 35.6. The summed E-state index contributed by atoms with van der Waals surface area (Å²) in [4.78, 5) is 166. The van der Waals surface area contributed by atoms with Crippen molar-refractivity contribution in [1.29, 1.82) is 0 Å². The van der Waals surface area contributed by atoms with Gasteiger partial charge in [0.05, 0.1) is 12.5 Å². The minimum atomic E-state index is -1.91. The van der Waals surface area contributed by atoms with Gasteiger partial charge < -0.3 is 98.0 Å². The SMILES string of the molecule is CC(C)C[C@H](NC(=O)[C@H](C)N)C(=O)N[C@@H](CCCN=C(N)N)C(=O)N[C@@H](CC(=O)O)C(=O)N[C@H](C(=O)N[C@@H](CCCN=C(N)N)C(=O)N[C@@H](CCC(N)=O)C(=O)N[C@@H](CCC(N)=O)C(=O)N[C@@H](Cc1ccc(O)cc1)C(=O)O)C(C)C. The number of benzene rings is 1. The first-order chi connectivity index (χ1) is 37.8. The molecule has 0 bridgehead atoms. The van der Waals surface area contributed by atoms with Gasteiger partial charge in [0.25, 0.3) is 0 Å². The van der Waals surface area contributed by atoms with Gasteiger partial charge >= 0.3 is 11.9 Å². The average Bonchev–Trinajstić information content (AvgIpc) is 3.36. The van der Waals surface area contributed by atoms with Gasteiger partial charge in [0.15, 0.2) is 11.9 Å². The highest BCUT2D eigenvalue weighted by molar-refractivity contribution is 5.99. The standard InChI is InChI=1S/C49H81N17O15/c1-23(2)20-32(63-39(72)25(5)50)44(77)59-28(8-6-18-57-48(53)54)41(74)64-33(22-37(70)71)45(78)66-38(24(3)4)46(79)62-29(9-7-19-58-49(55)56)40(73)60-30(14-16-35(51)68)42(75)61-31(15-17-36(52)69)43(76)65-34(47(80)81)21-26-10-12-27(67)13-11-26/h10-13,23-25,28-34,38,67H,6-9,14-22,50H2,1-5H3,(H2,51,68)(H2,52,69)(H,59,77)(H,60,73)(H,61,75)(H,62,79)(H,63,72)(H,64,74)(H,65,76)(H,66,78)(H,70,71)(H,80,81)(H4,53,54,57)(H4,55,56,58)/t25-,28-,29-,30-,31-,32-,33-,34-,38-/m0/s1. The minimum Gasteiger partial charge on any atom is -0.508 e. The summed E-state index contributed by atoms with van der Waals surface area (Å²) in [5, 5.41) is 48.8. The lowest BCUT2D eigenvalue weighted by molar-refractivity contribution is -0.142. The number of aliphatic carboxylic acids is 2. The molecule has 10 amide bonds. The Balaban J connectivity index is 3.62. The van der Waals surface area contributed by atoms with Gasteiger partial charge in [-0.2, -0.15) is 0 Å². The molecule has 0 aromatic heterocycles. The zero-order valence-corrected chi connectivity index (χ0v) is 46.0. The molecule has 1 aromatic carbocycles. The minimum absolute atomic E-state index is 0.00945. The van der Waals surface area contributed by atoms with Gasteiger partial charge in [-0.3, -0.25) is 62.7 Å². The zero-order valence-electron chi connectivity index (χ0n) is 46.0. The Morgan fingerprint density at radius 3 is 1.22 bits per heavy atom. The fourth-order valence-electron chi connectivity index (χ4n) is 7.53. The molecule has 0 unspecified atom stereocenters. The summed E-state index contributed by atoms with van der Waals surface area (Å²) < 4.78 is 0. The number of rotatable bonds is 38. The number of phenolic OH excluding ortho intramolecular Hbond substituents is 1. The average molecular weight is 1150 g/mol. The van der Waals surface area contributed by atoms with E-state index in [0.29, 0.717) is 5.56 Å². The monoisotopic (exact) mass is 1150 g/mol. The molecule has 452 valence electrons. The number of nitrogens with two attached hydrogens (primary N) is 7. The number of aromatic hydroxyl groups is 1. The van der Waals surface area contributed by atoms with Gasteiger partial charge in [-0.1, -0.05) is 39.8 Å². The van der Waals surface area contributed by atoms with Crippen LogP contribution < -0.4 is 82.7 Å². The summed E-state index contributed by atoms with van der Waals surface area (Å²) in [6.07, 6.45) is -3.58. The van der Waals surface area contributed by atoms with Crippen molar-refractivity contribution in [3.05, 3.63) is 29.8 Å². The molecule has 0 aliphatic rings. The van der Waals surface area contributed by atoms with Gasteiger partial charge in [0.2, 0.25) is 59.1 Å². The number of amides is 10. The number of nitrogens with one attached hydrogen (secondary N) is 8. The summed E-state index contributed by atoms with van der Waals surface area (Å²) in [6, 6.07) is -8.30. The zero-order chi connectivity index (χ0) is 61.7. The largest absolute Gasteiger partial charge is 0.508 e. The number of hydrogen-bond donors (Lipinski definition) is 18. The van der Waals surface area contributed by atoms with Gasteiger partial charge in [0, 0.05) is 32.4 Å². The predicted molar refractivity (Wildman–Crippen MR) is 292 cm³/mol. The van der Waals surface area contributed by atoms with Crippen LogP contribution in [0.3, 0.4) is 0 Å². The number of guanidine groups is 2. The van der Waals surface area contributed by atoms with Crippen LogP contribution in [0.4, 0.5) is 0 Å². The van der Waals surface area contributed by atoms with Crippen molar-refractivity contribution in [2.24, 2.45) is 62.0 Å². The smallest absolute Gasteiger partial charge is 0.326 e. The normalized spacial score (nSPS) is 14.3. The molecule has 25 N–H and O–H groups in total. The number of nitrogens with zero attached hydrogens (tertiary/aromatic N) is 2. The fourth-order valence-corrected chi connectivity index (χ4v) is 7.53. The van der Waals surface area contributed by atoms with Crippen molar-refractivity contribution in [1.82, 2.24) is 42.5 Å². The van der Waals surface area contributed by atoms with Crippen molar-refractivity contribution >= 4 is 82.9 Å². The first-order valence-corrected chi connectivity index (χ1v) is 25.9. The lowest BCUT2D eigenvalue weighted by atomic mass is 10.0. The van der Waals surface area contributed by atoms with Crippen LogP contribution in [-0.2, 0) is 64.0 Å². The molecule has 1 aromatic rings. The number of carbonyl (C=O) groups is 12. The Hall–Kier alpha value is -8.84. The summed E-state index contributed by atoms with van der Waals surface area (Å²) >= 11 is 0. The quantitative estimate of drug-likeness (QED) is 0.0167. The molecular formula is C49H81N17O15. The summed E-state index contributed by atoms with van der Waals surface area (Å²) in [5.41, 5.74) is 38.6. The molecule has 0 radical (unpaired) electrons. The summed E-state index contributed by atoms with van der Waals surface area (Å²) in [7, 11) is 0. The molecule has 32 nitrogen and oxygen atoms in total. The van der Waals surface area contributed by atoms with Crippen LogP contribution in [0.15, 0.2) is 34.3 Å². The van der Waals surface area contributed by atoms with E-state index in [4.69, 9.17) is 40.1 Å². The van der Waals surface area contributed by atoms with Gasteiger partial charge in [-0.25, -0.2) is 4.79 Å². The van der Waals surface area contributed by atoms with E-state index in [1.54, 1.807) is 13.8 Å². The molecule has 9 atom stereocenters. The number of phenols is 1. The number of carboxylic acids is 2. The third-order valence-corrected chi connectivity index (χ3v) is 11.8. The molecule has 1 rings (SSSR count). The molecule has 0 saturated heterocycles. The number of primary amides is 2. The first kappa shape index (κ1) is 70.2. The fraction of sp³-hybridized carbons (Fsp3) is 0.592. The van der Waals surface area contributed by atoms with Crippen LogP contribution in [0.1, 0.15) is 104 Å². The summed E-state index contributed by atoms with van der Waals surface area (Å²) in [5.74, 6) is -14.6. The third kappa shape index (κ3) is 28.6. The van der Waals surface area contributed by atoms with Gasteiger partial charge in [-0.15, -0.1) is 0 Å². The Morgan fingerprint density at radius 2 is 0.852 bits per heavy atom. The van der Waals surface area contributed by atoms with Crippen LogP contribution in [0.5, 0.6) is 5.75 Å². The van der Waals surface area contributed by atoms with Crippen molar-refractivity contribution in [3.63, 3.8) is 0 Å². The first-order valence-electron chi connectivity index (χ1n) is 25.9. The van der Waals surface area contributed by atoms with E-state index >= 15 is 0 Å². The number of aliphatic imine (C=N–C) groups is 2.